The minimum atomic E-state index is -0.345. The Kier molecular flexibility index (Phi) is 4.73. The van der Waals surface area contributed by atoms with Crippen molar-refractivity contribution in [3.8, 4) is 5.75 Å². The van der Waals surface area contributed by atoms with Gasteiger partial charge < -0.3 is 14.2 Å². The van der Waals surface area contributed by atoms with E-state index in [1.165, 1.54) is 0 Å². The van der Waals surface area contributed by atoms with Crippen LogP contribution >= 0.6 is 11.6 Å². The van der Waals surface area contributed by atoms with Gasteiger partial charge in [0.1, 0.15) is 17.6 Å². The molecule has 0 spiro atoms. The molecule has 1 heterocycles. The van der Waals surface area contributed by atoms with Crippen LogP contribution in [0, 0.1) is 0 Å². The average molecular weight is 310 g/mol. The normalized spacial score (nSPS) is 12.4. The second-order valence-electron chi connectivity index (χ2n) is 4.91. The first-order valence-electron chi connectivity index (χ1n) is 6.89. The molecule has 0 N–H and O–H groups in total. The van der Waals surface area contributed by atoms with Crippen LogP contribution in [-0.4, -0.2) is 41.1 Å². The van der Waals surface area contributed by atoms with Crippen molar-refractivity contribution in [3.63, 3.8) is 0 Å². The summed E-state index contributed by atoms with van der Waals surface area (Å²) in [4.78, 5) is 18.6. The van der Waals surface area contributed by atoms with Crippen LogP contribution in [0.5, 0.6) is 5.75 Å². The van der Waals surface area contributed by atoms with Gasteiger partial charge in [0, 0.05) is 19.7 Å². The number of carbonyl (C=O) groups is 1. The highest BCUT2D eigenvalue weighted by molar-refractivity contribution is 6.17. The zero-order chi connectivity index (χ0) is 15.6. The van der Waals surface area contributed by atoms with Crippen LogP contribution in [0.15, 0.2) is 18.2 Å². The summed E-state index contributed by atoms with van der Waals surface area (Å²) in [6.45, 7) is 4.49. The summed E-state index contributed by atoms with van der Waals surface area (Å²) >= 11 is 6.00. The maximum absolute atomic E-state index is 12.4. The third kappa shape index (κ3) is 2.83. The molecular formula is C15H20ClN3O2. The Hall–Kier alpha value is -1.75. The van der Waals surface area contributed by atoms with Crippen molar-refractivity contribution in [3.05, 3.63) is 24.0 Å². The van der Waals surface area contributed by atoms with Crippen molar-refractivity contribution in [2.75, 3.05) is 20.7 Å². The van der Waals surface area contributed by atoms with Crippen LogP contribution in [0.25, 0.3) is 11.0 Å². The summed E-state index contributed by atoms with van der Waals surface area (Å²) in [7, 11) is 3.41. The maximum Gasteiger partial charge on any atom is 0.245 e. The van der Waals surface area contributed by atoms with E-state index >= 15 is 0 Å². The number of ether oxygens (including phenoxy) is 1. The van der Waals surface area contributed by atoms with E-state index in [4.69, 9.17) is 16.3 Å². The predicted octanol–water partition coefficient (Wildman–Crippen LogP) is 2.82. The highest BCUT2D eigenvalue weighted by Gasteiger charge is 2.23. The highest BCUT2D eigenvalue weighted by Crippen LogP contribution is 2.26. The fourth-order valence-electron chi connectivity index (χ4n) is 2.37. The monoisotopic (exact) mass is 309 g/mol. The molecule has 1 aromatic carbocycles. The Labute approximate surface area is 129 Å². The van der Waals surface area contributed by atoms with Crippen LogP contribution in [0.3, 0.4) is 0 Å². The number of methoxy groups -OCH3 is 1. The van der Waals surface area contributed by atoms with Gasteiger partial charge in [0.2, 0.25) is 5.91 Å². The number of hydrogen-bond acceptors (Lipinski definition) is 3. The predicted molar refractivity (Wildman–Crippen MR) is 83.9 cm³/mol. The second kappa shape index (κ2) is 6.35. The van der Waals surface area contributed by atoms with E-state index in [1.54, 1.807) is 19.1 Å². The Morgan fingerprint density at radius 1 is 1.52 bits per heavy atom. The lowest BCUT2D eigenvalue weighted by Crippen LogP contribution is -2.33. The van der Waals surface area contributed by atoms with Crippen LogP contribution in [-0.2, 0) is 10.7 Å². The second-order valence-corrected chi connectivity index (χ2v) is 5.18. The SMILES string of the molecule is CCN(C)C(=O)C(C)n1c(CCl)nc2cc(OC)ccc21. The molecule has 0 saturated carbocycles. The van der Waals surface area contributed by atoms with Gasteiger partial charge in [0.25, 0.3) is 0 Å². The molecule has 1 atom stereocenters. The first kappa shape index (κ1) is 15.6. The fourth-order valence-corrected chi connectivity index (χ4v) is 2.56. The van der Waals surface area contributed by atoms with Crippen molar-refractivity contribution in [1.29, 1.82) is 0 Å². The number of amides is 1. The van der Waals surface area contributed by atoms with E-state index in [-0.39, 0.29) is 17.8 Å². The number of aromatic nitrogens is 2. The van der Waals surface area contributed by atoms with Gasteiger partial charge in [-0.1, -0.05) is 0 Å². The number of alkyl halides is 1. The lowest BCUT2D eigenvalue weighted by Gasteiger charge is -2.22. The minimum absolute atomic E-state index is 0.0407. The molecule has 1 aromatic heterocycles. The minimum Gasteiger partial charge on any atom is -0.497 e. The number of hydrogen-bond donors (Lipinski definition) is 0. The number of rotatable bonds is 5. The van der Waals surface area contributed by atoms with Gasteiger partial charge in [-0.2, -0.15) is 0 Å². The van der Waals surface area contributed by atoms with Gasteiger partial charge in [-0.05, 0) is 26.0 Å². The Morgan fingerprint density at radius 2 is 2.24 bits per heavy atom. The molecule has 0 bridgehead atoms. The number of carbonyl (C=O) groups excluding carboxylic acids is 1. The molecule has 0 aliphatic rings. The molecule has 2 aromatic rings. The summed E-state index contributed by atoms with van der Waals surface area (Å²) in [6, 6.07) is 5.27. The number of likely N-dealkylation sites (N-methyl/N-ethyl adjacent to an activating group) is 1. The molecule has 1 unspecified atom stereocenters. The molecule has 6 heteroatoms. The van der Waals surface area contributed by atoms with Crippen molar-refractivity contribution in [2.45, 2.75) is 25.8 Å². The van der Waals surface area contributed by atoms with E-state index in [9.17, 15) is 4.79 Å². The highest BCUT2D eigenvalue weighted by atomic mass is 35.5. The molecule has 5 nitrogen and oxygen atoms in total. The van der Waals surface area contributed by atoms with Gasteiger partial charge in [0.15, 0.2) is 0 Å². The van der Waals surface area contributed by atoms with Gasteiger partial charge in [-0.15, -0.1) is 11.6 Å². The van der Waals surface area contributed by atoms with Gasteiger partial charge in [0.05, 0.1) is 24.0 Å². The molecule has 1 amide bonds. The van der Waals surface area contributed by atoms with Crippen LogP contribution in [0.4, 0.5) is 0 Å². The van der Waals surface area contributed by atoms with Crippen molar-refractivity contribution >= 4 is 28.5 Å². The number of fused-ring (bicyclic) bond motifs is 1. The molecule has 0 aliphatic carbocycles. The lowest BCUT2D eigenvalue weighted by molar-refractivity contribution is -0.132. The van der Waals surface area contributed by atoms with E-state index in [0.29, 0.717) is 12.4 Å². The van der Waals surface area contributed by atoms with Crippen LogP contribution in [0.2, 0.25) is 0 Å². The van der Waals surface area contributed by atoms with Crippen LogP contribution in [0.1, 0.15) is 25.7 Å². The maximum atomic E-state index is 12.4. The van der Waals surface area contributed by atoms with Crippen molar-refractivity contribution in [1.82, 2.24) is 14.5 Å². The van der Waals surface area contributed by atoms with Gasteiger partial charge in [-0.3, -0.25) is 4.79 Å². The summed E-state index contributed by atoms with van der Waals surface area (Å²) in [5.41, 5.74) is 1.67. The first-order chi connectivity index (χ1) is 10.0. The Morgan fingerprint density at radius 3 is 2.81 bits per heavy atom. The summed E-state index contributed by atoms with van der Waals surface area (Å²) in [5, 5.41) is 0. The van der Waals surface area contributed by atoms with Crippen molar-refractivity contribution < 1.29 is 9.53 Å². The lowest BCUT2D eigenvalue weighted by atomic mass is 10.2. The summed E-state index contributed by atoms with van der Waals surface area (Å²) < 4.78 is 7.11. The number of halogens is 1. The Balaban J connectivity index is 2.53. The average Bonchev–Trinajstić information content (AvgIpc) is 2.89. The molecule has 0 saturated heterocycles. The summed E-state index contributed by atoms with van der Waals surface area (Å²) in [6.07, 6.45) is 0. The number of nitrogens with zero attached hydrogens (tertiary/aromatic N) is 3. The molecule has 2 rings (SSSR count). The zero-order valence-corrected chi connectivity index (χ0v) is 13.5. The van der Waals surface area contributed by atoms with E-state index < -0.39 is 0 Å². The van der Waals surface area contributed by atoms with E-state index in [1.807, 2.05) is 36.6 Å². The van der Waals surface area contributed by atoms with E-state index in [0.717, 1.165) is 16.8 Å². The largest absolute Gasteiger partial charge is 0.497 e. The van der Waals surface area contributed by atoms with Crippen LogP contribution < -0.4 is 4.74 Å². The Bertz CT molecular complexity index is 654. The number of benzene rings is 1. The summed E-state index contributed by atoms with van der Waals surface area (Å²) in [5.74, 6) is 1.71. The standard InChI is InChI=1S/C15H20ClN3O2/c1-5-18(3)15(20)10(2)19-13-7-6-11(21-4)8-12(13)17-14(19)9-16/h6-8,10H,5,9H2,1-4H3. The van der Waals surface area contributed by atoms with Crippen molar-refractivity contribution in [2.24, 2.45) is 0 Å². The topological polar surface area (TPSA) is 47.4 Å². The molecule has 0 radical (unpaired) electrons. The quantitative estimate of drug-likeness (QED) is 0.798. The third-order valence-corrected chi connectivity index (χ3v) is 3.92. The third-order valence-electron chi connectivity index (χ3n) is 3.68. The smallest absolute Gasteiger partial charge is 0.245 e. The molecule has 21 heavy (non-hydrogen) atoms. The fraction of sp³-hybridized carbons (Fsp3) is 0.467. The number of imidazole rings is 1. The molecule has 0 aliphatic heterocycles. The molecular weight excluding hydrogens is 290 g/mol. The molecule has 0 fully saturated rings. The van der Waals surface area contributed by atoms with Gasteiger partial charge >= 0.3 is 0 Å². The zero-order valence-electron chi connectivity index (χ0n) is 12.8. The first-order valence-corrected chi connectivity index (χ1v) is 7.42. The molecule has 114 valence electrons. The van der Waals surface area contributed by atoms with E-state index in [2.05, 4.69) is 4.98 Å². The van der Waals surface area contributed by atoms with Gasteiger partial charge in [-0.25, -0.2) is 4.98 Å².